The van der Waals surface area contributed by atoms with Crippen LogP contribution in [0.5, 0.6) is 17.4 Å². The second-order valence-corrected chi connectivity index (χ2v) is 3.27. The molecule has 0 aliphatic heterocycles. The van der Waals surface area contributed by atoms with Crippen LogP contribution in [0.2, 0.25) is 0 Å². The zero-order valence-corrected chi connectivity index (χ0v) is 9.68. The third-order valence-corrected chi connectivity index (χ3v) is 2.15. The van der Waals surface area contributed by atoms with Gasteiger partial charge in [-0.15, -0.1) is 0 Å². The maximum absolute atomic E-state index is 5.55. The largest absolute Gasteiger partial charge is 0.497 e. The Balaban J connectivity index is 2.13. The van der Waals surface area contributed by atoms with Crippen LogP contribution in [0.4, 0.5) is 5.82 Å². The molecule has 1 N–H and O–H groups in total. The zero-order valence-electron chi connectivity index (χ0n) is 9.68. The molecule has 0 radical (unpaired) electrons. The highest BCUT2D eigenvalue weighted by atomic mass is 16.5. The molecule has 0 aliphatic rings. The number of nitrogens with one attached hydrogen (secondary N) is 1. The first-order valence-corrected chi connectivity index (χ1v) is 5.13. The first-order chi connectivity index (χ1) is 8.31. The Hall–Kier alpha value is -2.30. The molecule has 2 rings (SSSR count). The summed E-state index contributed by atoms with van der Waals surface area (Å²) in [7, 11) is 3.40. The number of nitrogens with zero attached hydrogens (tertiary/aromatic N) is 2. The van der Waals surface area contributed by atoms with E-state index in [0.717, 1.165) is 5.75 Å². The molecule has 5 nitrogen and oxygen atoms in total. The number of hydrogen-bond donors (Lipinski definition) is 1. The topological polar surface area (TPSA) is 56.3 Å². The van der Waals surface area contributed by atoms with Crippen molar-refractivity contribution in [2.45, 2.75) is 0 Å². The van der Waals surface area contributed by atoms with Crippen molar-refractivity contribution in [3.8, 4) is 17.4 Å². The summed E-state index contributed by atoms with van der Waals surface area (Å²) < 4.78 is 10.6. The highest BCUT2D eigenvalue weighted by Crippen LogP contribution is 2.22. The summed E-state index contributed by atoms with van der Waals surface area (Å²) in [6.45, 7) is 0. The molecule has 0 spiro atoms. The summed E-state index contributed by atoms with van der Waals surface area (Å²) in [5.41, 5.74) is 0. The second-order valence-electron chi connectivity index (χ2n) is 3.27. The van der Waals surface area contributed by atoms with Gasteiger partial charge < -0.3 is 14.8 Å². The van der Waals surface area contributed by atoms with Gasteiger partial charge in [-0.05, 0) is 24.3 Å². The Kier molecular flexibility index (Phi) is 3.40. The first-order valence-electron chi connectivity index (χ1n) is 5.13. The molecule has 1 heterocycles. The van der Waals surface area contributed by atoms with Gasteiger partial charge in [-0.25, -0.2) is 0 Å². The minimum atomic E-state index is 0.446. The summed E-state index contributed by atoms with van der Waals surface area (Å²) >= 11 is 0. The lowest BCUT2D eigenvalue weighted by molar-refractivity contribution is 0.412. The highest BCUT2D eigenvalue weighted by Gasteiger charge is 2.00. The maximum Gasteiger partial charge on any atom is 0.239 e. The van der Waals surface area contributed by atoms with Crippen molar-refractivity contribution in [2.24, 2.45) is 0 Å². The molecule has 17 heavy (non-hydrogen) atoms. The van der Waals surface area contributed by atoms with Gasteiger partial charge in [0.15, 0.2) is 0 Å². The van der Waals surface area contributed by atoms with Gasteiger partial charge in [0.1, 0.15) is 17.3 Å². The van der Waals surface area contributed by atoms with E-state index in [-0.39, 0.29) is 0 Å². The predicted octanol–water partition coefficient (Wildman–Crippen LogP) is 2.32. The van der Waals surface area contributed by atoms with Gasteiger partial charge >= 0.3 is 0 Å². The van der Waals surface area contributed by atoms with Gasteiger partial charge in [0.2, 0.25) is 5.88 Å². The zero-order chi connectivity index (χ0) is 12.1. The molecule has 0 unspecified atom stereocenters. The van der Waals surface area contributed by atoms with E-state index < -0.39 is 0 Å². The van der Waals surface area contributed by atoms with Gasteiger partial charge in [-0.3, -0.25) is 4.98 Å². The van der Waals surface area contributed by atoms with Gasteiger partial charge in [-0.2, -0.15) is 4.98 Å². The molecular formula is C12H13N3O2. The smallest absolute Gasteiger partial charge is 0.239 e. The van der Waals surface area contributed by atoms with Crippen LogP contribution in [0.1, 0.15) is 0 Å². The van der Waals surface area contributed by atoms with Crippen LogP contribution in [-0.2, 0) is 0 Å². The third kappa shape index (κ3) is 2.84. The van der Waals surface area contributed by atoms with Crippen molar-refractivity contribution in [2.75, 3.05) is 19.5 Å². The van der Waals surface area contributed by atoms with Crippen LogP contribution < -0.4 is 14.8 Å². The van der Waals surface area contributed by atoms with Gasteiger partial charge in [0, 0.05) is 7.05 Å². The van der Waals surface area contributed by atoms with Crippen LogP contribution >= 0.6 is 0 Å². The molecule has 0 bridgehead atoms. The van der Waals surface area contributed by atoms with Crippen molar-refractivity contribution in [3.05, 3.63) is 36.7 Å². The molecule has 0 aliphatic carbocycles. The third-order valence-electron chi connectivity index (χ3n) is 2.15. The fraction of sp³-hybridized carbons (Fsp3) is 0.167. The molecule has 88 valence electrons. The van der Waals surface area contributed by atoms with E-state index in [1.807, 2.05) is 24.3 Å². The fourth-order valence-electron chi connectivity index (χ4n) is 1.28. The highest BCUT2D eigenvalue weighted by molar-refractivity contribution is 5.36. The Morgan fingerprint density at radius 2 is 1.76 bits per heavy atom. The van der Waals surface area contributed by atoms with E-state index in [1.54, 1.807) is 26.6 Å². The van der Waals surface area contributed by atoms with Crippen molar-refractivity contribution in [3.63, 3.8) is 0 Å². The summed E-state index contributed by atoms with van der Waals surface area (Å²) in [5.74, 6) is 2.58. The lowest BCUT2D eigenvalue weighted by Crippen LogP contribution is -1.95. The van der Waals surface area contributed by atoms with Crippen molar-refractivity contribution in [1.82, 2.24) is 9.97 Å². The number of methoxy groups -OCH3 is 1. The average Bonchev–Trinajstić information content (AvgIpc) is 2.40. The van der Waals surface area contributed by atoms with Crippen molar-refractivity contribution in [1.29, 1.82) is 0 Å². The Bertz CT molecular complexity index is 485. The maximum atomic E-state index is 5.55. The Labute approximate surface area is 99.4 Å². The molecule has 1 aromatic heterocycles. The molecule has 0 amide bonds. The molecule has 0 saturated heterocycles. The summed E-state index contributed by atoms with van der Waals surface area (Å²) in [5, 5.41) is 2.90. The lowest BCUT2D eigenvalue weighted by Gasteiger charge is -2.06. The quantitative estimate of drug-likeness (QED) is 0.875. The molecule has 1 aromatic carbocycles. The van der Waals surface area contributed by atoms with E-state index in [0.29, 0.717) is 17.4 Å². The van der Waals surface area contributed by atoms with Crippen LogP contribution in [-0.4, -0.2) is 24.1 Å². The SMILES string of the molecule is CNc1cncc(Oc2ccc(OC)cc2)n1. The minimum Gasteiger partial charge on any atom is -0.497 e. The van der Waals surface area contributed by atoms with Crippen molar-refractivity contribution >= 4 is 5.82 Å². The first kappa shape index (κ1) is 11.2. The van der Waals surface area contributed by atoms with E-state index in [2.05, 4.69) is 15.3 Å². The minimum absolute atomic E-state index is 0.446. The standard InChI is InChI=1S/C12H13N3O2/c1-13-11-7-14-8-12(15-11)17-10-5-3-9(16-2)4-6-10/h3-8H,1-2H3,(H,13,15). The lowest BCUT2D eigenvalue weighted by atomic mass is 10.3. The number of hydrogen-bond acceptors (Lipinski definition) is 5. The summed E-state index contributed by atoms with van der Waals surface area (Å²) in [4.78, 5) is 8.21. The average molecular weight is 231 g/mol. The van der Waals surface area contributed by atoms with Gasteiger partial charge in [0.25, 0.3) is 0 Å². The molecule has 0 atom stereocenters. The predicted molar refractivity (Wildman–Crippen MR) is 64.6 cm³/mol. The number of ether oxygens (including phenoxy) is 2. The monoisotopic (exact) mass is 231 g/mol. The molecule has 0 fully saturated rings. The summed E-state index contributed by atoms with van der Waals surface area (Å²) in [6.07, 6.45) is 3.19. The van der Waals surface area contributed by atoms with Crippen LogP contribution in [0.25, 0.3) is 0 Å². The number of benzene rings is 1. The Morgan fingerprint density at radius 3 is 2.41 bits per heavy atom. The second kappa shape index (κ2) is 5.16. The number of aromatic nitrogens is 2. The molecule has 2 aromatic rings. The molecular weight excluding hydrogens is 218 g/mol. The van der Waals surface area contributed by atoms with Crippen LogP contribution in [0.3, 0.4) is 0 Å². The van der Waals surface area contributed by atoms with E-state index >= 15 is 0 Å². The van der Waals surface area contributed by atoms with E-state index in [1.165, 1.54) is 0 Å². The number of rotatable bonds is 4. The molecule has 5 heteroatoms. The van der Waals surface area contributed by atoms with Crippen LogP contribution in [0.15, 0.2) is 36.7 Å². The van der Waals surface area contributed by atoms with Crippen molar-refractivity contribution < 1.29 is 9.47 Å². The Morgan fingerprint density at radius 1 is 1.06 bits per heavy atom. The van der Waals surface area contributed by atoms with E-state index in [4.69, 9.17) is 9.47 Å². The van der Waals surface area contributed by atoms with E-state index in [9.17, 15) is 0 Å². The van der Waals surface area contributed by atoms with Gasteiger partial charge in [-0.1, -0.05) is 0 Å². The molecule has 0 saturated carbocycles. The fourth-order valence-corrected chi connectivity index (χ4v) is 1.28. The van der Waals surface area contributed by atoms with Gasteiger partial charge in [0.05, 0.1) is 19.5 Å². The normalized spacial score (nSPS) is 9.76. The van der Waals surface area contributed by atoms with Crippen LogP contribution in [0, 0.1) is 0 Å². The summed E-state index contributed by atoms with van der Waals surface area (Å²) in [6, 6.07) is 7.27. The number of anilines is 1.